The van der Waals surface area contributed by atoms with Gasteiger partial charge in [-0.1, -0.05) is 25.3 Å². The molecule has 0 saturated heterocycles. The van der Waals surface area contributed by atoms with Gasteiger partial charge >= 0.3 is 0 Å². The molecule has 0 aliphatic heterocycles. The predicted molar refractivity (Wildman–Crippen MR) is 67.2 cm³/mol. The minimum Gasteiger partial charge on any atom is -0.330 e. The summed E-state index contributed by atoms with van der Waals surface area (Å²) < 4.78 is 0. The molecule has 0 spiro atoms. The van der Waals surface area contributed by atoms with Gasteiger partial charge in [0, 0.05) is 4.88 Å². The van der Waals surface area contributed by atoms with Crippen LogP contribution in [0, 0.1) is 5.41 Å². The number of hydrogen-bond donors (Lipinski definition) is 1. The Balaban J connectivity index is 1.89. The Hall–Kier alpha value is -0.340. The summed E-state index contributed by atoms with van der Waals surface area (Å²) in [4.78, 5) is 1.52. The summed E-state index contributed by atoms with van der Waals surface area (Å²) in [6.45, 7) is 0.887. The van der Waals surface area contributed by atoms with E-state index in [-0.39, 0.29) is 0 Å². The molecule has 0 atom stereocenters. The van der Waals surface area contributed by atoms with Crippen molar-refractivity contribution in [2.75, 3.05) is 6.54 Å². The average Bonchev–Trinajstić information content (AvgIpc) is 2.81. The first kappa shape index (κ1) is 11.2. The van der Waals surface area contributed by atoms with Crippen LogP contribution in [0.2, 0.25) is 0 Å². The summed E-state index contributed by atoms with van der Waals surface area (Å²) in [6.07, 6.45) is 9.44. The van der Waals surface area contributed by atoms with Gasteiger partial charge in [0.1, 0.15) is 0 Å². The average molecular weight is 223 g/mol. The van der Waals surface area contributed by atoms with Crippen LogP contribution in [0.25, 0.3) is 0 Å². The first-order chi connectivity index (χ1) is 7.35. The van der Waals surface area contributed by atoms with Crippen LogP contribution in [0.1, 0.15) is 43.4 Å². The van der Waals surface area contributed by atoms with E-state index in [0.29, 0.717) is 5.41 Å². The van der Waals surface area contributed by atoms with Crippen LogP contribution in [0.3, 0.4) is 0 Å². The van der Waals surface area contributed by atoms with E-state index in [1.165, 1.54) is 49.8 Å². The molecule has 1 saturated carbocycles. The third-order valence-electron chi connectivity index (χ3n) is 3.83. The van der Waals surface area contributed by atoms with Crippen molar-refractivity contribution >= 4 is 11.3 Å². The lowest BCUT2D eigenvalue weighted by Crippen LogP contribution is -2.33. The second kappa shape index (κ2) is 5.13. The zero-order valence-corrected chi connectivity index (χ0v) is 10.2. The molecule has 84 valence electrons. The smallest absolute Gasteiger partial charge is 0.00454 e. The molecule has 0 radical (unpaired) electrons. The summed E-state index contributed by atoms with van der Waals surface area (Å²) in [5.41, 5.74) is 6.46. The largest absolute Gasteiger partial charge is 0.330 e. The molecule has 2 rings (SSSR count). The third kappa shape index (κ3) is 2.82. The molecule has 2 N–H and O–H groups in total. The molecule has 1 heterocycles. The van der Waals surface area contributed by atoms with Gasteiger partial charge in [-0.3, -0.25) is 0 Å². The molecule has 2 heteroatoms. The lowest BCUT2D eigenvalue weighted by Gasteiger charge is -2.36. The van der Waals surface area contributed by atoms with E-state index in [1.807, 2.05) is 11.3 Å². The molecule has 1 aromatic rings. The highest BCUT2D eigenvalue weighted by atomic mass is 32.1. The van der Waals surface area contributed by atoms with Gasteiger partial charge < -0.3 is 5.73 Å². The monoisotopic (exact) mass is 223 g/mol. The fourth-order valence-electron chi connectivity index (χ4n) is 2.70. The molecule has 1 fully saturated rings. The van der Waals surface area contributed by atoms with E-state index in [0.717, 1.165) is 6.54 Å². The van der Waals surface area contributed by atoms with Crippen molar-refractivity contribution in [2.45, 2.75) is 44.9 Å². The van der Waals surface area contributed by atoms with Crippen LogP contribution in [-0.2, 0) is 6.42 Å². The van der Waals surface area contributed by atoms with Crippen molar-refractivity contribution in [1.82, 2.24) is 0 Å². The molecular formula is C13H21NS. The van der Waals surface area contributed by atoms with Crippen LogP contribution in [0.4, 0.5) is 0 Å². The maximum atomic E-state index is 5.98. The number of thiophene rings is 1. The molecule has 0 unspecified atom stereocenters. The van der Waals surface area contributed by atoms with Gasteiger partial charge in [-0.25, -0.2) is 0 Å². The van der Waals surface area contributed by atoms with Gasteiger partial charge in [0.05, 0.1) is 0 Å². The quantitative estimate of drug-likeness (QED) is 0.829. The first-order valence-corrected chi connectivity index (χ1v) is 6.95. The summed E-state index contributed by atoms with van der Waals surface area (Å²) in [6, 6.07) is 4.40. The Bertz CT molecular complexity index is 273. The zero-order chi connectivity index (χ0) is 10.6. The SMILES string of the molecule is NCC1(CCc2cccs2)CCCCC1. The fraction of sp³-hybridized carbons (Fsp3) is 0.692. The Kier molecular flexibility index (Phi) is 3.81. The van der Waals surface area contributed by atoms with Crippen molar-refractivity contribution < 1.29 is 0 Å². The Morgan fingerprint density at radius 3 is 2.67 bits per heavy atom. The predicted octanol–water partition coefficient (Wildman–Crippen LogP) is 3.59. The number of nitrogens with two attached hydrogens (primary N) is 1. The highest BCUT2D eigenvalue weighted by Gasteiger charge is 2.29. The molecule has 1 aromatic heterocycles. The van der Waals surface area contributed by atoms with Crippen LogP contribution in [-0.4, -0.2) is 6.54 Å². The van der Waals surface area contributed by atoms with E-state index < -0.39 is 0 Å². The Morgan fingerprint density at radius 1 is 1.27 bits per heavy atom. The van der Waals surface area contributed by atoms with E-state index in [9.17, 15) is 0 Å². The van der Waals surface area contributed by atoms with Crippen molar-refractivity contribution in [3.63, 3.8) is 0 Å². The lowest BCUT2D eigenvalue weighted by molar-refractivity contribution is 0.183. The van der Waals surface area contributed by atoms with E-state index in [4.69, 9.17) is 5.73 Å². The summed E-state index contributed by atoms with van der Waals surface area (Å²) in [7, 11) is 0. The normalized spacial score (nSPS) is 20.3. The molecule has 0 bridgehead atoms. The second-order valence-electron chi connectivity index (χ2n) is 4.84. The molecule has 0 aromatic carbocycles. The summed E-state index contributed by atoms with van der Waals surface area (Å²) in [5, 5.41) is 2.17. The van der Waals surface area contributed by atoms with Gasteiger partial charge in [-0.15, -0.1) is 11.3 Å². The van der Waals surface area contributed by atoms with Crippen molar-refractivity contribution in [2.24, 2.45) is 11.1 Å². The zero-order valence-electron chi connectivity index (χ0n) is 9.37. The third-order valence-corrected chi connectivity index (χ3v) is 4.77. The van der Waals surface area contributed by atoms with Crippen LogP contribution < -0.4 is 5.73 Å². The van der Waals surface area contributed by atoms with Crippen LogP contribution in [0.5, 0.6) is 0 Å². The minimum atomic E-state index is 0.474. The van der Waals surface area contributed by atoms with Gasteiger partial charge in [0.25, 0.3) is 0 Å². The van der Waals surface area contributed by atoms with Gasteiger partial charge in [-0.2, -0.15) is 0 Å². The van der Waals surface area contributed by atoms with Gasteiger partial charge in [0.2, 0.25) is 0 Å². The molecule has 0 amide bonds. The molecule has 1 nitrogen and oxygen atoms in total. The van der Waals surface area contributed by atoms with E-state index >= 15 is 0 Å². The van der Waals surface area contributed by atoms with E-state index in [1.54, 1.807) is 0 Å². The Morgan fingerprint density at radius 2 is 2.07 bits per heavy atom. The molecule has 15 heavy (non-hydrogen) atoms. The maximum Gasteiger partial charge on any atom is 0.00454 e. The number of rotatable bonds is 4. The van der Waals surface area contributed by atoms with Gasteiger partial charge in [0.15, 0.2) is 0 Å². The van der Waals surface area contributed by atoms with Crippen molar-refractivity contribution in [3.05, 3.63) is 22.4 Å². The first-order valence-electron chi connectivity index (χ1n) is 6.07. The standard InChI is InChI=1S/C13H21NS/c14-11-13(7-2-1-3-8-13)9-6-12-5-4-10-15-12/h4-5,10H,1-3,6-9,11,14H2. The highest BCUT2D eigenvalue weighted by molar-refractivity contribution is 7.09. The van der Waals surface area contributed by atoms with Gasteiger partial charge in [-0.05, 0) is 49.1 Å². The fourth-order valence-corrected chi connectivity index (χ4v) is 3.41. The molecular weight excluding hydrogens is 202 g/mol. The number of hydrogen-bond acceptors (Lipinski definition) is 2. The van der Waals surface area contributed by atoms with Crippen LogP contribution >= 0.6 is 11.3 Å². The molecule has 1 aliphatic carbocycles. The van der Waals surface area contributed by atoms with Crippen molar-refractivity contribution in [3.8, 4) is 0 Å². The molecule has 1 aliphatic rings. The van der Waals surface area contributed by atoms with Crippen molar-refractivity contribution in [1.29, 1.82) is 0 Å². The maximum absolute atomic E-state index is 5.98. The summed E-state index contributed by atoms with van der Waals surface area (Å²) in [5.74, 6) is 0. The second-order valence-corrected chi connectivity index (χ2v) is 5.88. The Labute approximate surface area is 96.7 Å². The number of aryl methyl sites for hydroxylation is 1. The summed E-state index contributed by atoms with van der Waals surface area (Å²) >= 11 is 1.88. The minimum absolute atomic E-state index is 0.474. The van der Waals surface area contributed by atoms with Crippen LogP contribution in [0.15, 0.2) is 17.5 Å². The lowest BCUT2D eigenvalue weighted by atomic mass is 9.71. The van der Waals surface area contributed by atoms with E-state index in [2.05, 4.69) is 17.5 Å². The topological polar surface area (TPSA) is 26.0 Å². The highest BCUT2D eigenvalue weighted by Crippen LogP contribution is 2.39.